The first-order valence-corrected chi connectivity index (χ1v) is 9.74. The zero-order valence-electron chi connectivity index (χ0n) is 17.1. The van der Waals surface area contributed by atoms with Gasteiger partial charge in [-0.3, -0.25) is 0 Å². The Balaban J connectivity index is 2.63. The van der Waals surface area contributed by atoms with Gasteiger partial charge in [-0.1, -0.05) is 6.92 Å². The summed E-state index contributed by atoms with van der Waals surface area (Å²) in [6, 6.07) is 0. The highest BCUT2D eigenvalue weighted by atomic mass is 16.6. The fraction of sp³-hybridized carbons (Fsp3) is 0.833. The first kappa shape index (κ1) is 26.1. The van der Waals surface area contributed by atoms with Gasteiger partial charge in [-0.05, 0) is 6.42 Å². The molecule has 0 aromatic carbocycles. The van der Waals surface area contributed by atoms with E-state index in [0.717, 1.165) is 0 Å². The molecule has 1 fully saturated rings. The topological polar surface area (TPSA) is 158 Å². The third-order valence-corrected chi connectivity index (χ3v) is 3.89. The molecule has 1 aliphatic rings. The Morgan fingerprint density at radius 1 is 0.933 bits per heavy atom. The second-order valence-corrected chi connectivity index (χ2v) is 6.02. The number of nitrogens with zero attached hydrogens (tertiary/aromatic N) is 2. The highest BCUT2D eigenvalue weighted by Crippen LogP contribution is 2.11. The summed E-state index contributed by atoms with van der Waals surface area (Å²) in [6.07, 6.45) is -1.26. The lowest BCUT2D eigenvalue weighted by Gasteiger charge is -2.26. The Morgan fingerprint density at radius 2 is 1.40 bits per heavy atom. The molecule has 0 amide bonds. The Kier molecular flexibility index (Phi) is 14.7. The smallest absolute Gasteiger partial charge is 0.424 e. The van der Waals surface area contributed by atoms with E-state index < -0.39 is 29.9 Å². The van der Waals surface area contributed by atoms with Crippen molar-refractivity contribution < 1.29 is 52.6 Å². The first-order chi connectivity index (χ1) is 14.6. The van der Waals surface area contributed by atoms with Gasteiger partial charge in [-0.15, -0.1) is 0 Å². The van der Waals surface area contributed by atoms with Crippen molar-refractivity contribution in [1.82, 2.24) is 0 Å². The van der Waals surface area contributed by atoms with Gasteiger partial charge in [0.2, 0.25) is 0 Å². The molecule has 12 heteroatoms. The molecule has 0 spiro atoms. The number of hydrogen-bond donors (Lipinski definition) is 0. The van der Waals surface area contributed by atoms with Gasteiger partial charge in [0.25, 0.3) is 0 Å². The van der Waals surface area contributed by atoms with Crippen LogP contribution in [0.15, 0.2) is 0 Å². The molecule has 172 valence electrons. The van der Waals surface area contributed by atoms with Crippen LogP contribution in [-0.2, 0) is 42.7 Å². The van der Waals surface area contributed by atoms with Gasteiger partial charge < -0.3 is 48.6 Å². The number of aliphatic carboxylic acids is 1. The van der Waals surface area contributed by atoms with E-state index in [1.807, 2.05) is 0 Å². The Bertz CT molecular complexity index is 535. The zero-order chi connectivity index (χ0) is 22.0. The van der Waals surface area contributed by atoms with Crippen molar-refractivity contribution in [1.29, 1.82) is 0 Å². The molecular formula is C18H29N2O10-. The van der Waals surface area contributed by atoms with E-state index in [4.69, 9.17) is 38.7 Å². The predicted molar refractivity (Wildman–Crippen MR) is 97.6 cm³/mol. The van der Waals surface area contributed by atoms with Crippen molar-refractivity contribution in [3.8, 4) is 0 Å². The van der Waals surface area contributed by atoms with E-state index in [1.165, 1.54) is 0 Å². The number of carbonyl (C=O) groups is 2. The highest BCUT2D eigenvalue weighted by Gasteiger charge is 2.31. The molecule has 0 saturated carbocycles. The molecule has 1 saturated heterocycles. The number of carboxylic acids is 1. The average Bonchev–Trinajstić information content (AvgIpc) is 2.72. The Hall–Kier alpha value is -1.92. The van der Waals surface area contributed by atoms with Crippen molar-refractivity contribution in [3.05, 3.63) is 5.53 Å². The number of esters is 1. The number of carbonyl (C=O) groups excluding carboxylic acids is 2. The van der Waals surface area contributed by atoms with Gasteiger partial charge in [-0.2, -0.15) is 4.79 Å². The normalized spacial score (nSPS) is 22.0. The van der Waals surface area contributed by atoms with Crippen molar-refractivity contribution >= 4 is 17.7 Å². The van der Waals surface area contributed by atoms with Crippen LogP contribution in [0.1, 0.15) is 13.3 Å². The second-order valence-electron chi connectivity index (χ2n) is 6.02. The average molecular weight is 433 g/mol. The lowest BCUT2D eigenvalue weighted by Crippen LogP contribution is -2.43. The summed E-state index contributed by atoms with van der Waals surface area (Å²) in [4.78, 5) is 25.1. The summed E-state index contributed by atoms with van der Waals surface area (Å²) in [6.45, 7) is 5.41. The summed E-state index contributed by atoms with van der Waals surface area (Å²) in [5.74, 6) is -3.28. The zero-order valence-corrected chi connectivity index (χ0v) is 17.1. The SMILES string of the molecule is CCC(OC(=O)C(=[N+]=[N-])C(=O)[O-])C1COCCOCCOCCOCCOCCO1. The van der Waals surface area contributed by atoms with E-state index >= 15 is 0 Å². The number of ether oxygens (including phenoxy) is 7. The fourth-order valence-electron chi connectivity index (χ4n) is 2.38. The van der Waals surface area contributed by atoms with Crippen molar-refractivity contribution in [2.75, 3.05) is 72.7 Å². The maximum atomic E-state index is 11.9. The fourth-order valence-corrected chi connectivity index (χ4v) is 2.38. The van der Waals surface area contributed by atoms with Crippen LogP contribution in [0.25, 0.3) is 5.53 Å². The molecule has 0 aromatic heterocycles. The second kappa shape index (κ2) is 16.8. The predicted octanol–water partition coefficient (Wildman–Crippen LogP) is -1.79. The van der Waals surface area contributed by atoms with Crippen LogP contribution >= 0.6 is 0 Å². The quantitative estimate of drug-likeness (QED) is 0.159. The van der Waals surface area contributed by atoms with Crippen LogP contribution in [0.2, 0.25) is 0 Å². The molecule has 0 aliphatic carbocycles. The lowest BCUT2D eigenvalue weighted by molar-refractivity contribution is -0.297. The van der Waals surface area contributed by atoms with Crippen LogP contribution in [0.3, 0.4) is 0 Å². The molecule has 0 bridgehead atoms. The van der Waals surface area contributed by atoms with Crippen LogP contribution in [0.4, 0.5) is 0 Å². The van der Waals surface area contributed by atoms with Gasteiger partial charge in [0.05, 0.1) is 72.7 Å². The van der Waals surface area contributed by atoms with Crippen molar-refractivity contribution in [2.24, 2.45) is 0 Å². The summed E-state index contributed by atoms with van der Waals surface area (Å²) in [7, 11) is 0. The van der Waals surface area contributed by atoms with Crippen LogP contribution in [-0.4, -0.2) is 107 Å². The minimum absolute atomic E-state index is 0.0612. The number of carboxylic acid groups (broad SMARTS) is 1. The maximum Gasteiger partial charge on any atom is 0.424 e. The lowest BCUT2D eigenvalue weighted by atomic mass is 10.1. The molecule has 2 unspecified atom stereocenters. The molecule has 1 heterocycles. The van der Waals surface area contributed by atoms with Gasteiger partial charge in [-0.25, -0.2) is 4.79 Å². The van der Waals surface area contributed by atoms with Crippen LogP contribution in [0.5, 0.6) is 0 Å². The van der Waals surface area contributed by atoms with E-state index in [-0.39, 0.29) is 26.4 Å². The van der Waals surface area contributed by atoms with Crippen LogP contribution < -0.4 is 5.11 Å². The molecule has 1 aliphatic heterocycles. The third-order valence-electron chi connectivity index (χ3n) is 3.89. The minimum atomic E-state index is -1.95. The number of rotatable bonds is 5. The molecular weight excluding hydrogens is 404 g/mol. The van der Waals surface area contributed by atoms with E-state index in [2.05, 4.69) is 4.79 Å². The van der Waals surface area contributed by atoms with E-state index in [9.17, 15) is 14.7 Å². The standard InChI is InChI=1S/C18H30N2O10/c1-2-14(30-18(23)16(20-19)17(21)22)15-13-28-10-9-26-6-5-24-3-4-25-7-8-27-11-12-29-15/h14-15H,2-13H2,1H3,(H,21,22)/p-1. The highest BCUT2D eigenvalue weighted by molar-refractivity contribution is 6.59. The molecule has 30 heavy (non-hydrogen) atoms. The summed E-state index contributed by atoms with van der Waals surface area (Å²) < 4.78 is 37.9. The van der Waals surface area contributed by atoms with Gasteiger partial charge in [0, 0.05) is 0 Å². The monoisotopic (exact) mass is 433 g/mol. The van der Waals surface area contributed by atoms with Gasteiger partial charge in [0.1, 0.15) is 12.2 Å². The Labute approximate surface area is 174 Å². The Morgan fingerprint density at radius 3 is 1.83 bits per heavy atom. The first-order valence-electron chi connectivity index (χ1n) is 9.74. The van der Waals surface area contributed by atoms with Crippen LogP contribution in [0, 0.1) is 0 Å². The van der Waals surface area contributed by atoms with E-state index in [0.29, 0.717) is 52.7 Å². The largest absolute Gasteiger partial charge is 0.538 e. The van der Waals surface area contributed by atoms with Gasteiger partial charge >= 0.3 is 11.7 Å². The molecule has 0 radical (unpaired) electrons. The molecule has 0 N–H and O–H groups in total. The van der Waals surface area contributed by atoms with E-state index in [1.54, 1.807) is 6.92 Å². The third kappa shape index (κ3) is 11.3. The van der Waals surface area contributed by atoms with Gasteiger partial charge in [0.15, 0.2) is 5.97 Å². The minimum Gasteiger partial charge on any atom is -0.538 e. The summed E-state index contributed by atoms with van der Waals surface area (Å²) in [5, 5.41) is 10.8. The summed E-state index contributed by atoms with van der Waals surface area (Å²) in [5.41, 5.74) is 7.43. The van der Waals surface area contributed by atoms with Crippen molar-refractivity contribution in [2.45, 2.75) is 25.6 Å². The molecule has 2 atom stereocenters. The van der Waals surface area contributed by atoms with Crippen molar-refractivity contribution in [3.63, 3.8) is 0 Å². The summed E-state index contributed by atoms with van der Waals surface area (Å²) >= 11 is 0. The molecule has 0 aromatic rings. The molecule has 12 nitrogen and oxygen atoms in total. The maximum absolute atomic E-state index is 11.9. The number of hydrogen-bond acceptors (Lipinski definition) is 10. The molecule has 1 rings (SSSR count).